The first-order valence-electron chi connectivity index (χ1n) is 12.2. The molecule has 0 spiro atoms. The standard InChI is InChI=1S/C9H13NO2S.C9H11NO2S.C6H6BrNO2S.C3H6.CH4O/c2*1-2-3-8-4-6-9(7-5-8)13(10,11)12;7-5-1-3-6(4-2-5)11(8,9)10;1-3-2;1-2/h4-7H,2-3H2,1H3,(H2,10,11,12);2-7H,1H3,(H2,10,11,12);1-4H,(H2,8,9,10);3H,1H2,2H3;2H,1H3/b;3-2+;;;. The monoisotopic (exact) mass is 705 g/mol. The smallest absolute Gasteiger partial charge is 0.238 e. The molecule has 42 heavy (non-hydrogen) atoms. The first kappa shape index (κ1) is 41.4. The third-order valence-corrected chi connectivity index (χ3v) is 7.82. The first-order valence-corrected chi connectivity index (χ1v) is 17.6. The van der Waals surface area contributed by atoms with Gasteiger partial charge in [-0.15, -0.1) is 6.58 Å². The highest BCUT2D eigenvalue weighted by molar-refractivity contribution is 9.10. The van der Waals surface area contributed by atoms with Gasteiger partial charge in [0.05, 0.1) is 14.7 Å². The Labute approximate surface area is 259 Å². The van der Waals surface area contributed by atoms with Crippen LogP contribution >= 0.6 is 15.9 Å². The zero-order valence-electron chi connectivity index (χ0n) is 24.0. The maximum absolute atomic E-state index is 10.9. The van der Waals surface area contributed by atoms with Crippen molar-refractivity contribution >= 4 is 52.1 Å². The minimum Gasteiger partial charge on any atom is -0.400 e. The lowest BCUT2D eigenvalue weighted by atomic mass is 10.1. The summed E-state index contributed by atoms with van der Waals surface area (Å²) in [6.07, 6.45) is 7.53. The fraction of sp³-hybridized carbons (Fsp3) is 0.214. The van der Waals surface area contributed by atoms with Crippen molar-refractivity contribution in [2.45, 2.75) is 48.3 Å². The molecular weight excluding hydrogens is 666 g/mol. The van der Waals surface area contributed by atoms with E-state index in [4.69, 9.17) is 20.5 Å². The molecule has 3 aromatic carbocycles. The van der Waals surface area contributed by atoms with Crippen molar-refractivity contribution in [1.29, 1.82) is 0 Å². The summed E-state index contributed by atoms with van der Waals surface area (Å²) in [5, 5.41) is 21.8. The van der Waals surface area contributed by atoms with E-state index in [9.17, 15) is 25.3 Å². The van der Waals surface area contributed by atoms with Crippen LogP contribution in [-0.4, -0.2) is 37.5 Å². The number of hydrogen-bond acceptors (Lipinski definition) is 7. The van der Waals surface area contributed by atoms with Gasteiger partial charge in [0.1, 0.15) is 0 Å². The van der Waals surface area contributed by atoms with Crippen LogP contribution in [0.2, 0.25) is 0 Å². The van der Waals surface area contributed by atoms with Gasteiger partial charge in [-0.2, -0.15) is 0 Å². The van der Waals surface area contributed by atoms with Crippen molar-refractivity contribution in [3.05, 3.63) is 107 Å². The number of aliphatic hydroxyl groups excluding tert-OH is 1. The maximum Gasteiger partial charge on any atom is 0.238 e. The van der Waals surface area contributed by atoms with Crippen molar-refractivity contribution in [1.82, 2.24) is 0 Å². The molecule has 14 heteroatoms. The van der Waals surface area contributed by atoms with Gasteiger partial charge in [-0.1, -0.05) is 71.8 Å². The largest absolute Gasteiger partial charge is 0.400 e. The minimum atomic E-state index is -3.56. The van der Waals surface area contributed by atoms with Crippen LogP contribution in [0.15, 0.2) is 111 Å². The number of sulfonamides is 3. The van der Waals surface area contributed by atoms with Crippen LogP contribution in [0.3, 0.4) is 0 Å². The predicted molar refractivity (Wildman–Crippen MR) is 174 cm³/mol. The molecule has 0 unspecified atom stereocenters. The molecule has 3 aromatic rings. The summed E-state index contributed by atoms with van der Waals surface area (Å²) in [4.78, 5) is 0.439. The summed E-state index contributed by atoms with van der Waals surface area (Å²) in [5.74, 6) is 0. The number of nitrogens with two attached hydrogens (primary N) is 3. The van der Waals surface area contributed by atoms with Gasteiger partial charge in [0.2, 0.25) is 30.1 Å². The number of primary sulfonamides is 3. The SMILES string of the molecule is C/C=C/c1ccc(S(N)(=O)=O)cc1.C=CC.CCCc1ccc(S(N)(=O)=O)cc1.CO.NS(=O)(=O)c1ccc(Br)cc1. The average molecular weight is 707 g/mol. The summed E-state index contributed by atoms with van der Waals surface area (Å²) in [5.41, 5.74) is 2.09. The molecule has 0 bridgehead atoms. The molecule has 0 saturated heterocycles. The normalized spacial score (nSPS) is 10.8. The molecule has 0 radical (unpaired) electrons. The van der Waals surface area contributed by atoms with Crippen LogP contribution in [0, 0.1) is 0 Å². The van der Waals surface area contributed by atoms with Crippen molar-refractivity contribution in [2.75, 3.05) is 7.11 Å². The van der Waals surface area contributed by atoms with E-state index in [-0.39, 0.29) is 14.7 Å². The predicted octanol–water partition coefficient (Wildman–Crippen LogP) is 4.55. The highest BCUT2D eigenvalue weighted by Crippen LogP contribution is 2.13. The van der Waals surface area contributed by atoms with E-state index in [0.717, 1.165) is 35.6 Å². The third-order valence-electron chi connectivity index (χ3n) is 4.50. The fourth-order valence-corrected chi connectivity index (χ4v) is 4.53. The van der Waals surface area contributed by atoms with Gasteiger partial charge >= 0.3 is 0 Å². The number of halogens is 1. The van der Waals surface area contributed by atoms with E-state index in [2.05, 4.69) is 29.4 Å². The summed E-state index contributed by atoms with van der Waals surface area (Å²) >= 11 is 3.18. The van der Waals surface area contributed by atoms with Crippen molar-refractivity contribution in [3.8, 4) is 0 Å². The van der Waals surface area contributed by atoms with Crippen LogP contribution in [-0.2, 0) is 36.5 Å². The summed E-state index contributed by atoms with van der Waals surface area (Å²) < 4.78 is 65.7. The topological polar surface area (TPSA) is 201 Å². The molecule has 0 aliphatic carbocycles. The van der Waals surface area contributed by atoms with E-state index < -0.39 is 30.1 Å². The van der Waals surface area contributed by atoms with Crippen LogP contribution in [0.4, 0.5) is 0 Å². The first-order chi connectivity index (χ1) is 19.5. The number of benzene rings is 3. The molecule has 0 fully saturated rings. The molecule has 7 N–H and O–H groups in total. The number of aryl methyl sites for hydroxylation is 1. The minimum absolute atomic E-state index is 0.126. The van der Waals surface area contributed by atoms with Gasteiger partial charge < -0.3 is 5.11 Å². The lowest BCUT2D eigenvalue weighted by Crippen LogP contribution is -2.11. The fourth-order valence-electron chi connectivity index (χ4n) is 2.72. The van der Waals surface area contributed by atoms with E-state index >= 15 is 0 Å². The molecule has 0 aliphatic rings. The Balaban J connectivity index is 0. The van der Waals surface area contributed by atoms with E-state index in [1.165, 1.54) is 24.3 Å². The van der Waals surface area contributed by atoms with Crippen molar-refractivity contribution in [3.63, 3.8) is 0 Å². The molecule has 0 amide bonds. The highest BCUT2D eigenvalue weighted by atomic mass is 79.9. The van der Waals surface area contributed by atoms with Gasteiger partial charge in [-0.25, -0.2) is 40.7 Å². The molecule has 0 saturated carbocycles. The van der Waals surface area contributed by atoms with Gasteiger partial charge in [0.25, 0.3) is 0 Å². The number of aliphatic hydroxyl groups is 1. The van der Waals surface area contributed by atoms with Gasteiger partial charge in [-0.3, -0.25) is 0 Å². The summed E-state index contributed by atoms with van der Waals surface area (Å²) in [7, 11) is -9.63. The van der Waals surface area contributed by atoms with Crippen LogP contribution in [0.1, 0.15) is 38.3 Å². The van der Waals surface area contributed by atoms with Gasteiger partial charge in [0.15, 0.2) is 0 Å². The zero-order valence-corrected chi connectivity index (χ0v) is 28.0. The summed E-state index contributed by atoms with van der Waals surface area (Å²) in [6, 6.07) is 19.2. The Morgan fingerprint density at radius 3 is 1.29 bits per heavy atom. The second-order valence-electron chi connectivity index (χ2n) is 7.96. The van der Waals surface area contributed by atoms with Gasteiger partial charge in [0, 0.05) is 11.6 Å². The van der Waals surface area contributed by atoms with E-state index in [1.54, 1.807) is 54.6 Å². The Kier molecular flexibility index (Phi) is 20.8. The van der Waals surface area contributed by atoms with E-state index in [0.29, 0.717) is 0 Å². The molecule has 3 rings (SSSR count). The van der Waals surface area contributed by atoms with Crippen molar-refractivity contribution < 1.29 is 30.4 Å². The molecule has 0 aromatic heterocycles. The Hall–Kier alpha value is -2.69. The van der Waals surface area contributed by atoms with Crippen LogP contribution in [0.5, 0.6) is 0 Å². The molecule has 0 atom stereocenters. The van der Waals surface area contributed by atoms with Crippen LogP contribution in [0.25, 0.3) is 6.08 Å². The zero-order chi connectivity index (χ0) is 33.0. The average Bonchev–Trinajstić information content (AvgIpc) is 2.91. The lowest BCUT2D eigenvalue weighted by molar-refractivity contribution is 0.399. The van der Waals surface area contributed by atoms with Gasteiger partial charge in [-0.05, 0) is 79.9 Å². The van der Waals surface area contributed by atoms with E-state index in [1.807, 2.05) is 26.0 Å². The highest BCUT2D eigenvalue weighted by Gasteiger charge is 2.07. The number of rotatable bonds is 6. The lowest BCUT2D eigenvalue weighted by Gasteiger charge is -2.00. The number of allylic oxidation sites excluding steroid dienone is 2. The Bertz CT molecular complexity index is 1540. The second-order valence-corrected chi connectivity index (χ2v) is 13.6. The van der Waals surface area contributed by atoms with Crippen molar-refractivity contribution in [2.24, 2.45) is 15.4 Å². The quantitative estimate of drug-likeness (QED) is 0.269. The molecule has 10 nitrogen and oxygen atoms in total. The molecule has 0 heterocycles. The number of hydrogen-bond donors (Lipinski definition) is 4. The Morgan fingerprint density at radius 2 is 1.00 bits per heavy atom. The summed E-state index contributed by atoms with van der Waals surface area (Å²) in [6.45, 7) is 9.22. The third kappa shape index (κ3) is 18.7. The Morgan fingerprint density at radius 1 is 0.690 bits per heavy atom. The second kappa shape index (κ2) is 21.1. The molecule has 0 aliphatic heterocycles. The molecular formula is C28H40BrN3O7S3. The maximum atomic E-state index is 10.9. The van der Waals surface area contributed by atoms with Crippen LogP contribution < -0.4 is 15.4 Å². The molecule has 234 valence electrons.